The summed E-state index contributed by atoms with van der Waals surface area (Å²) in [5.74, 6) is 0.716. The lowest BCUT2D eigenvalue weighted by Gasteiger charge is -2.09. The highest BCUT2D eigenvalue weighted by Crippen LogP contribution is 2.27. The van der Waals surface area contributed by atoms with Gasteiger partial charge in [0.2, 0.25) is 0 Å². The van der Waals surface area contributed by atoms with E-state index in [1.807, 2.05) is 48.5 Å². The van der Waals surface area contributed by atoms with Crippen molar-refractivity contribution in [1.82, 2.24) is 15.0 Å². The van der Waals surface area contributed by atoms with Crippen LogP contribution in [0.15, 0.2) is 48.5 Å². The molecule has 5 heteroatoms. The molecule has 0 radical (unpaired) electrons. The van der Waals surface area contributed by atoms with Crippen molar-refractivity contribution in [2.75, 3.05) is 7.11 Å². The van der Waals surface area contributed by atoms with Crippen LogP contribution in [0.25, 0.3) is 16.9 Å². The lowest BCUT2D eigenvalue weighted by Crippen LogP contribution is -2.00. The Bertz CT molecular complexity index is 823. The molecule has 1 heterocycles. The van der Waals surface area contributed by atoms with E-state index in [0.29, 0.717) is 17.1 Å². The molecule has 3 aromatic rings. The minimum Gasteiger partial charge on any atom is -0.497 e. The molecule has 0 N–H and O–H groups in total. The van der Waals surface area contributed by atoms with Gasteiger partial charge in [-0.25, -0.2) is 4.68 Å². The van der Waals surface area contributed by atoms with Crippen molar-refractivity contribution in [3.63, 3.8) is 0 Å². The fraction of sp³-hybridized carbons (Fsp3) is 0.167. The first-order chi connectivity index (χ1) is 11.3. The van der Waals surface area contributed by atoms with Gasteiger partial charge in [0.25, 0.3) is 0 Å². The predicted molar refractivity (Wildman–Crippen MR) is 88.1 cm³/mol. The molecule has 23 heavy (non-hydrogen) atoms. The molecular weight excluding hydrogens is 290 g/mol. The zero-order valence-electron chi connectivity index (χ0n) is 13.1. The Hall–Kier alpha value is -2.95. The Morgan fingerprint density at radius 1 is 1.17 bits per heavy atom. The third kappa shape index (κ3) is 2.85. The number of hydrogen-bond acceptors (Lipinski definition) is 4. The third-order valence-corrected chi connectivity index (χ3v) is 3.74. The number of methoxy groups -OCH3 is 1. The van der Waals surface area contributed by atoms with Gasteiger partial charge in [-0.1, -0.05) is 36.4 Å². The van der Waals surface area contributed by atoms with Gasteiger partial charge in [-0.05, 0) is 36.2 Å². The van der Waals surface area contributed by atoms with E-state index in [2.05, 4.69) is 17.2 Å². The Kier molecular flexibility index (Phi) is 4.19. The molecule has 3 rings (SSSR count). The second kappa shape index (κ2) is 6.44. The molecule has 0 bridgehead atoms. The molecule has 1 aromatic heterocycles. The molecule has 0 amide bonds. The first kappa shape index (κ1) is 15.0. The Morgan fingerprint density at radius 3 is 2.61 bits per heavy atom. The van der Waals surface area contributed by atoms with Gasteiger partial charge in [-0.15, -0.1) is 5.10 Å². The quantitative estimate of drug-likeness (QED) is 0.679. The summed E-state index contributed by atoms with van der Waals surface area (Å²) in [6, 6.07) is 15.6. The highest BCUT2D eigenvalue weighted by atomic mass is 16.5. The molecule has 0 aliphatic rings. The summed E-state index contributed by atoms with van der Waals surface area (Å²) >= 11 is 0. The number of hydrogen-bond donors (Lipinski definition) is 0. The number of aromatic nitrogens is 3. The second-order valence-corrected chi connectivity index (χ2v) is 5.10. The molecule has 0 aliphatic heterocycles. The number of carbonyl (C=O) groups excluding carboxylic acids is 1. The van der Waals surface area contributed by atoms with Crippen LogP contribution in [0.4, 0.5) is 0 Å². The maximum Gasteiger partial charge on any atom is 0.172 e. The molecule has 5 nitrogen and oxygen atoms in total. The zero-order chi connectivity index (χ0) is 16.2. The van der Waals surface area contributed by atoms with Gasteiger partial charge in [0, 0.05) is 5.56 Å². The van der Waals surface area contributed by atoms with E-state index in [1.165, 1.54) is 5.56 Å². The molecule has 0 atom stereocenters. The minimum absolute atomic E-state index is 0.304. The number of ether oxygens (including phenoxy) is 1. The fourth-order valence-electron chi connectivity index (χ4n) is 2.47. The van der Waals surface area contributed by atoms with Crippen molar-refractivity contribution >= 4 is 6.29 Å². The lowest BCUT2D eigenvalue weighted by molar-refractivity contribution is 0.111. The van der Waals surface area contributed by atoms with E-state index in [4.69, 9.17) is 4.74 Å². The van der Waals surface area contributed by atoms with Crippen molar-refractivity contribution in [3.05, 3.63) is 59.8 Å². The Morgan fingerprint density at radius 2 is 1.96 bits per heavy atom. The van der Waals surface area contributed by atoms with E-state index in [1.54, 1.807) is 11.8 Å². The van der Waals surface area contributed by atoms with E-state index < -0.39 is 0 Å². The van der Waals surface area contributed by atoms with Gasteiger partial charge >= 0.3 is 0 Å². The summed E-state index contributed by atoms with van der Waals surface area (Å²) in [6.45, 7) is 2.11. The van der Waals surface area contributed by atoms with Crippen molar-refractivity contribution in [1.29, 1.82) is 0 Å². The van der Waals surface area contributed by atoms with Crippen LogP contribution in [-0.4, -0.2) is 28.4 Å². The van der Waals surface area contributed by atoms with E-state index >= 15 is 0 Å². The summed E-state index contributed by atoms with van der Waals surface area (Å²) in [5, 5.41) is 8.13. The number of nitrogens with zero attached hydrogens (tertiary/aromatic N) is 3. The Labute approximate surface area is 134 Å². The van der Waals surface area contributed by atoms with Crippen LogP contribution in [0, 0.1) is 0 Å². The first-order valence-electron chi connectivity index (χ1n) is 7.41. The second-order valence-electron chi connectivity index (χ2n) is 5.10. The smallest absolute Gasteiger partial charge is 0.172 e. The number of rotatable bonds is 5. The van der Waals surface area contributed by atoms with Crippen LogP contribution in [0.2, 0.25) is 0 Å². The van der Waals surface area contributed by atoms with Crippen molar-refractivity contribution in [3.8, 4) is 22.7 Å². The van der Waals surface area contributed by atoms with Gasteiger partial charge < -0.3 is 4.74 Å². The maximum atomic E-state index is 11.4. The molecule has 0 saturated heterocycles. The maximum absolute atomic E-state index is 11.4. The van der Waals surface area contributed by atoms with Crippen LogP contribution >= 0.6 is 0 Å². The number of aldehydes is 1. The van der Waals surface area contributed by atoms with Crippen molar-refractivity contribution < 1.29 is 9.53 Å². The monoisotopic (exact) mass is 307 g/mol. The molecule has 0 aliphatic carbocycles. The molecule has 0 fully saturated rings. The van der Waals surface area contributed by atoms with Crippen molar-refractivity contribution in [2.24, 2.45) is 0 Å². The van der Waals surface area contributed by atoms with Gasteiger partial charge in [0.15, 0.2) is 12.0 Å². The molecule has 0 saturated carbocycles. The third-order valence-electron chi connectivity index (χ3n) is 3.74. The van der Waals surface area contributed by atoms with Crippen LogP contribution in [0.1, 0.15) is 23.0 Å². The lowest BCUT2D eigenvalue weighted by atomic mass is 10.1. The molecule has 116 valence electrons. The molecule has 2 aromatic carbocycles. The SMILES string of the molecule is CCc1ccc(-n2nnc(C=O)c2-c2cccc(OC)c2)cc1. The standard InChI is InChI=1S/C18H17N3O2/c1-3-13-7-9-15(10-8-13)21-18(17(12-22)19-20-21)14-5-4-6-16(11-14)23-2/h4-12H,3H2,1-2H3. The largest absolute Gasteiger partial charge is 0.497 e. The summed E-state index contributed by atoms with van der Waals surface area (Å²) in [7, 11) is 1.61. The van der Waals surface area contributed by atoms with Crippen LogP contribution in [0.5, 0.6) is 5.75 Å². The highest BCUT2D eigenvalue weighted by Gasteiger charge is 2.16. The van der Waals surface area contributed by atoms with Gasteiger partial charge in [0.05, 0.1) is 12.8 Å². The Balaban J connectivity index is 2.14. The number of aryl methyl sites for hydroxylation is 1. The molecule has 0 spiro atoms. The summed E-state index contributed by atoms with van der Waals surface area (Å²) in [4.78, 5) is 11.4. The topological polar surface area (TPSA) is 57.0 Å². The van der Waals surface area contributed by atoms with E-state index in [-0.39, 0.29) is 0 Å². The summed E-state index contributed by atoms with van der Waals surface area (Å²) in [5.41, 5.74) is 3.89. The van der Waals surface area contributed by atoms with E-state index in [9.17, 15) is 4.79 Å². The number of carbonyl (C=O) groups is 1. The minimum atomic E-state index is 0.304. The highest BCUT2D eigenvalue weighted by molar-refractivity contribution is 5.84. The van der Waals surface area contributed by atoms with Gasteiger partial charge in [-0.2, -0.15) is 0 Å². The summed E-state index contributed by atoms with van der Waals surface area (Å²) < 4.78 is 6.94. The fourth-order valence-corrected chi connectivity index (χ4v) is 2.47. The zero-order valence-corrected chi connectivity index (χ0v) is 13.1. The average Bonchev–Trinajstić information content (AvgIpc) is 3.06. The van der Waals surface area contributed by atoms with Gasteiger partial charge in [0.1, 0.15) is 11.4 Å². The van der Waals surface area contributed by atoms with Crippen molar-refractivity contribution in [2.45, 2.75) is 13.3 Å². The average molecular weight is 307 g/mol. The molecular formula is C18H17N3O2. The predicted octanol–water partition coefficient (Wildman–Crippen LogP) is 3.32. The van der Waals surface area contributed by atoms with E-state index in [0.717, 1.165) is 24.0 Å². The van der Waals surface area contributed by atoms with Crippen LogP contribution in [0.3, 0.4) is 0 Å². The van der Waals surface area contributed by atoms with Gasteiger partial charge in [-0.3, -0.25) is 4.79 Å². The van der Waals surface area contributed by atoms with Crippen LogP contribution < -0.4 is 4.74 Å². The first-order valence-corrected chi connectivity index (χ1v) is 7.41. The number of benzene rings is 2. The van der Waals surface area contributed by atoms with Crippen LogP contribution in [-0.2, 0) is 6.42 Å². The summed E-state index contributed by atoms with van der Waals surface area (Å²) in [6.07, 6.45) is 1.69. The normalized spacial score (nSPS) is 10.5. The molecule has 0 unspecified atom stereocenters.